The molecule has 4 heteroatoms. The largest absolute Gasteiger partial charge is 0.312 e. The number of rotatable bonds is 8. The zero-order valence-electron chi connectivity index (χ0n) is 38.5. The van der Waals surface area contributed by atoms with Gasteiger partial charge in [-0.05, 0) is 120 Å². The topological polar surface area (TPSA) is 15.8 Å². The van der Waals surface area contributed by atoms with Crippen LogP contribution in [0.4, 0.5) is 34.1 Å². The van der Waals surface area contributed by atoms with E-state index in [2.05, 4.69) is 255 Å². The van der Waals surface area contributed by atoms with Crippen LogP contribution in [-0.4, -0.2) is 8.97 Å². The molecule has 10 aromatic carbocycles. The Kier molecular flexibility index (Phi) is 8.58. The average Bonchev–Trinajstić information content (AvgIpc) is 4.16. The molecule has 1 unspecified atom stereocenters. The molecular formula is C66H46N4. The summed E-state index contributed by atoms with van der Waals surface area (Å²) in [5.74, 6) is 0.310. The van der Waals surface area contributed by atoms with Gasteiger partial charge in [0.25, 0.3) is 0 Å². The minimum atomic E-state index is 0.310. The van der Waals surface area contributed by atoms with Gasteiger partial charge in [-0.15, -0.1) is 0 Å². The first-order valence-corrected chi connectivity index (χ1v) is 24.7. The molecule has 0 N–H and O–H groups in total. The Balaban J connectivity index is 0.953. The molecule has 0 fully saturated rings. The van der Waals surface area contributed by atoms with E-state index in [-0.39, 0.29) is 0 Å². The van der Waals surface area contributed by atoms with Gasteiger partial charge in [0.05, 0.1) is 39.0 Å². The third-order valence-corrected chi connectivity index (χ3v) is 15.4. The van der Waals surface area contributed by atoms with Gasteiger partial charge >= 0.3 is 0 Å². The van der Waals surface area contributed by atoms with Crippen molar-refractivity contribution in [1.29, 1.82) is 0 Å². The smallest absolute Gasteiger partial charge is 0.0641 e. The van der Waals surface area contributed by atoms with E-state index in [9.17, 15) is 0 Å². The lowest BCUT2D eigenvalue weighted by atomic mass is 9.86. The van der Waals surface area contributed by atoms with Crippen molar-refractivity contribution in [2.45, 2.75) is 25.2 Å². The molecule has 330 valence electrons. The molecule has 0 saturated heterocycles. The fourth-order valence-electron chi connectivity index (χ4n) is 12.4. The second-order valence-corrected chi connectivity index (χ2v) is 19.1. The van der Waals surface area contributed by atoms with Crippen molar-refractivity contribution in [3.63, 3.8) is 0 Å². The van der Waals surface area contributed by atoms with E-state index in [0.29, 0.717) is 5.92 Å². The zero-order chi connectivity index (χ0) is 45.9. The van der Waals surface area contributed by atoms with E-state index in [0.717, 1.165) is 35.6 Å². The summed E-state index contributed by atoms with van der Waals surface area (Å²) in [5, 5.41) is 7.70. The van der Waals surface area contributed by atoms with Crippen molar-refractivity contribution in [3.8, 4) is 22.3 Å². The summed E-state index contributed by atoms with van der Waals surface area (Å²) in [4.78, 5) is 4.94. The number of hydrogen-bond acceptors (Lipinski definition) is 2. The SMILES string of the molecule is C1=C2C(CCC1)c1c(N(c3ccccc3)c3ccc(-c4ccccc4)cc3)ccc3c4cc5c(cc4n2c13)c1ccc(N(c2ccccc2)c2ccc(-c3ccccc3)cc2)c2c3ccccc3n5c12. The first kappa shape index (κ1) is 39.2. The van der Waals surface area contributed by atoms with Gasteiger partial charge in [0, 0.05) is 72.2 Å². The molecule has 1 aliphatic carbocycles. The van der Waals surface area contributed by atoms with Crippen molar-refractivity contribution < 1.29 is 0 Å². The fraction of sp³-hybridized carbons (Fsp3) is 0.0606. The van der Waals surface area contributed by atoms with Crippen LogP contribution in [0.15, 0.2) is 237 Å². The third-order valence-electron chi connectivity index (χ3n) is 15.4. The molecule has 15 rings (SSSR count). The second kappa shape index (κ2) is 15.3. The maximum absolute atomic E-state index is 2.66. The molecule has 0 saturated carbocycles. The molecule has 3 aromatic heterocycles. The molecule has 0 amide bonds. The van der Waals surface area contributed by atoms with Crippen LogP contribution in [0.2, 0.25) is 0 Å². The number of allylic oxidation sites excluding steroid dienone is 2. The predicted molar refractivity (Wildman–Crippen MR) is 295 cm³/mol. The van der Waals surface area contributed by atoms with E-state index >= 15 is 0 Å². The lowest BCUT2D eigenvalue weighted by Gasteiger charge is -2.30. The molecular weight excluding hydrogens is 849 g/mol. The van der Waals surface area contributed by atoms with Crippen molar-refractivity contribution in [3.05, 3.63) is 242 Å². The highest BCUT2D eigenvalue weighted by atomic mass is 15.2. The molecule has 2 aliphatic rings. The number of benzene rings is 10. The average molecular weight is 895 g/mol. The van der Waals surface area contributed by atoms with Crippen molar-refractivity contribution in [2.75, 3.05) is 9.80 Å². The highest BCUT2D eigenvalue weighted by Crippen LogP contribution is 2.56. The zero-order valence-corrected chi connectivity index (χ0v) is 38.5. The number of fused-ring (bicyclic) bond motifs is 12. The van der Waals surface area contributed by atoms with Crippen molar-refractivity contribution in [2.24, 2.45) is 0 Å². The standard InChI is InChI=1S/C66H46N4/c1-5-17-43(18-6-1)45-29-33-49(34-30-45)67(47-21-9-3-10-22-47)59-39-37-51-55-41-62-56(42-61(55)69-57-27-15-13-25-53(57)63(59)65(51)69)52-38-40-60(64-54-26-14-16-28-58(54)70(62)66(52)64)68(48-23-11-4-12-24-48)50-35-31-46(32-36-50)44-19-7-2-8-20-44/h1-13,15,17-25,27-42,54H,14,16,26H2. The van der Waals surface area contributed by atoms with Gasteiger partial charge in [-0.2, -0.15) is 0 Å². The Hall–Kier alpha value is -8.86. The van der Waals surface area contributed by atoms with Crippen LogP contribution in [0.5, 0.6) is 0 Å². The number of nitrogens with zero attached hydrogens (tertiary/aromatic N) is 4. The molecule has 1 atom stereocenters. The molecule has 0 bridgehead atoms. The van der Waals surface area contributed by atoms with Gasteiger partial charge in [-0.1, -0.05) is 158 Å². The molecule has 13 aromatic rings. The van der Waals surface area contributed by atoms with Crippen molar-refractivity contribution in [1.82, 2.24) is 8.97 Å². The predicted octanol–water partition coefficient (Wildman–Crippen LogP) is 18.3. The monoisotopic (exact) mass is 894 g/mol. The van der Waals surface area contributed by atoms with Crippen LogP contribution >= 0.6 is 0 Å². The number of para-hydroxylation sites is 3. The van der Waals surface area contributed by atoms with Crippen LogP contribution in [0.1, 0.15) is 30.7 Å². The number of aromatic nitrogens is 2. The van der Waals surface area contributed by atoms with Gasteiger partial charge in [0.1, 0.15) is 0 Å². The van der Waals surface area contributed by atoms with Gasteiger partial charge < -0.3 is 18.8 Å². The van der Waals surface area contributed by atoms with Crippen molar-refractivity contribution >= 4 is 99.7 Å². The summed E-state index contributed by atoms with van der Waals surface area (Å²) in [6.07, 6.45) is 5.95. The fourth-order valence-corrected chi connectivity index (χ4v) is 12.4. The normalized spacial score (nSPS) is 14.3. The van der Waals surface area contributed by atoms with Crippen LogP contribution < -0.4 is 9.80 Å². The quantitative estimate of drug-likeness (QED) is 0.151. The molecule has 1 aliphatic heterocycles. The van der Waals surface area contributed by atoms with E-state index in [1.54, 1.807) is 0 Å². The number of anilines is 6. The first-order chi connectivity index (χ1) is 34.8. The number of hydrogen-bond donors (Lipinski definition) is 0. The maximum atomic E-state index is 2.66. The van der Waals surface area contributed by atoms with E-state index in [1.807, 2.05) is 0 Å². The van der Waals surface area contributed by atoms with E-state index in [1.165, 1.54) is 111 Å². The lowest BCUT2D eigenvalue weighted by molar-refractivity contribution is 0.667. The molecule has 0 radical (unpaired) electrons. The summed E-state index contributed by atoms with van der Waals surface area (Å²) in [6, 6.07) is 84.9. The summed E-state index contributed by atoms with van der Waals surface area (Å²) < 4.78 is 5.21. The summed E-state index contributed by atoms with van der Waals surface area (Å²) in [5.41, 5.74) is 21.1. The van der Waals surface area contributed by atoms with Crippen LogP contribution in [0.25, 0.3) is 87.9 Å². The van der Waals surface area contributed by atoms with Gasteiger partial charge in [-0.25, -0.2) is 0 Å². The van der Waals surface area contributed by atoms with Crippen LogP contribution in [0.3, 0.4) is 0 Å². The Bertz CT molecular complexity index is 4170. The second-order valence-electron chi connectivity index (χ2n) is 19.1. The summed E-state index contributed by atoms with van der Waals surface area (Å²) in [6.45, 7) is 0. The Labute approximate surface area is 406 Å². The Morgan fingerprint density at radius 3 is 1.49 bits per heavy atom. The lowest BCUT2D eigenvalue weighted by Crippen LogP contribution is -2.14. The molecule has 70 heavy (non-hydrogen) atoms. The minimum absolute atomic E-state index is 0.310. The molecule has 4 heterocycles. The van der Waals surface area contributed by atoms with Gasteiger partial charge in [0.2, 0.25) is 0 Å². The minimum Gasteiger partial charge on any atom is -0.312 e. The van der Waals surface area contributed by atoms with E-state index < -0.39 is 0 Å². The Morgan fingerprint density at radius 1 is 0.371 bits per heavy atom. The molecule has 0 spiro atoms. The highest BCUT2D eigenvalue weighted by Gasteiger charge is 2.37. The summed E-state index contributed by atoms with van der Waals surface area (Å²) >= 11 is 0. The van der Waals surface area contributed by atoms with Crippen LogP contribution in [0, 0.1) is 0 Å². The van der Waals surface area contributed by atoms with Crippen LogP contribution in [-0.2, 0) is 0 Å². The summed E-state index contributed by atoms with van der Waals surface area (Å²) in [7, 11) is 0. The first-order valence-electron chi connectivity index (χ1n) is 24.7. The maximum Gasteiger partial charge on any atom is 0.0641 e. The highest BCUT2D eigenvalue weighted by molar-refractivity contribution is 6.30. The van der Waals surface area contributed by atoms with E-state index in [4.69, 9.17) is 0 Å². The molecule has 4 nitrogen and oxygen atoms in total. The Morgan fingerprint density at radius 2 is 0.857 bits per heavy atom. The third kappa shape index (κ3) is 5.71. The van der Waals surface area contributed by atoms with Gasteiger partial charge in [0.15, 0.2) is 0 Å². The van der Waals surface area contributed by atoms with Gasteiger partial charge in [-0.3, -0.25) is 0 Å².